The number of amides is 1. The summed E-state index contributed by atoms with van der Waals surface area (Å²) in [6.07, 6.45) is 4.22. The maximum atomic E-state index is 15.1. The van der Waals surface area contributed by atoms with E-state index in [4.69, 9.17) is 5.11 Å². The monoisotopic (exact) mass is 529 g/mol. The van der Waals surface area contributed by atoms with E-state index in [9.17, 15) is 9.59 Å². The van der Waals surface area contributed by atoms with Crippen LogP contribution in [0.2, 0.25) is 0 Å². The summed E-state index contributed by atoms with van der Waals surface area (Å²) >= 11 is 0. The highest BCUT2D eigenvalue weighted by molar-refractivity contribution is 5.99. The number of pyridine rings is 1. The molecule has 1 aliphatic rings. The molecule has 11 heteroatoms. The van der Waals surface area contributed by atoms with Gasteiger partial charge >= 0.3 is 0 Å². The van der Waals surface area contributed by atoms with Crippen LogP contribution in [0.4, 0.5) is 27.4 Å². The van der Waals surface area contributed by atoms with Crippen LogP contribution < -0.4 is 21.0 Å². The zero-order valence-corrected chi connectivity index (χ0v) is 21.2. The summed E-state index contributed by atoms with van der Waals surface area (Å²) in [7, 11) is 0. The van der Waals surface area contributed by atoms with E-state index in [0.717, 1.165) is 13.1 Å². The third-order valence-electron chi connectivity index (χ3n) is 6.55. The number of carbonyl (C=O) groups is 1. The number of benzene rings is 2. The van der Waals surface area contributed by atoms with Crippen molar-refractivity contribution in [3.8, 4) is 5.69 Å². The van der Waals surface area contributed by atoms with Crippen LogP contribution in [0.5, 0.6) is 0 Å². The van der Waals surface area contributed by atoms with Crippen LogP contribution in [0.15, 0.2) is 78.4 Å². The number of fused-ring (bicyclic) bond motifs is 1. The standard InChI is InChI=1S/C28H28FN7O3/c1-2-26(39)31-19-4-3-5-21(16-19)36-9-8-25(38)22-18-30-28(33-27(22)36)32-20-6-7-24(23(29)17-20)35-12-10-34(11-13-35)14-15-37/h2-9,16-18,37H,1,10-15H2,(H,31,39)(H,30,32,33). The van der Waals surface area contributed by atoms with Crippen LogP contribution in [0.25, 0.3) is 16.7 Å². The molecule has 39 heavy (non-hydrogen) atoms. The van der Waals surface area contributed by atoms with Crippen LogP contribution in [-0.4, -0.2) is 69.8 Å². The molecule has 1 amide bonds. The molecule has 1 fully saturated rings. The third kappa shape index (κ3) is 5.79. The fourth-order valence-corrected chi connectivity index (χ4v) is 4.55. The molecule has 0 atom stereocenters. The molecule has 0 aliphatic carbocycles. The predicted molar refractivity (Wildman–Crippen MR) is 149 cm³/mol. The number of piperazine rings is 1. The minimum absolute atomic E-state index is 0.113. The molecule has 2 aromatic carbocycles. The van der Waals surface area contributed by atoms with Gasteiger partial charge in [0.1, 0.15) is 5.82 Å². The molecule has 0 bridgehead atoms. The van der Waals surface area contributed by atoms with E-state index >= 15 is 4.39 Å². The number of hydrogen-bond acceptors (Lipinski definition) is 8. The predicted octanol–water partition coefficient (Wildman–Crippen LogP) is 2.90. The first-order chi connectivity index (χ1) is 18.9. The molecule has 1 saturated heterocycles. The van der Waals surface area contributed by atoms with Gasteiger partial charge in [-0.2, -0.15) is 4.98 Å². The summed E-state index contributed by atoms with van der Waals surface area (Å²) in [6, 6.07) is 13.4. The lowest BCUT2D eigenvalue weighted by atomic mass is 10.2. The first-order valence-corrected chi connectivity index (χ1v) is 12.5. The summed E-state index contributed by atoms with van der Waals surface area (Å²) in [6.45, 7) is 7.07. The number of aromatic nitrogens is 3. The van der Waals surface area contributed by atoms with Gasteiger partial charge in [-0.15, -0.1) is 0 Å². The van der Waals surface area contributed by atoms with Gasteiger partial charge in [0.25, 0.3) is 0 Å². The first-order valence-electron chi connectivity index (χ1n) is 12.5. The normalized spacial score (nSPS) is 13.8. The zero-order chi connectivity index (χ0) is 27.4. The lowest BCUT2D eigenvalue weighted by Crippen LogP contribution is -2.47. The minimum atomic E-state index is -0.369. The van der Waals surface area contributed by atoms with E-state index in [1.807, 2.05) is 11.0 Å². The first kappa shape index (κ1) is 26.0. The zero-order valence-electron chi connectivity index (χ0n) is 21.2. The number of β-amino-alcohol motifs (C(OH)–C–C–N with tert-alkyl or cyclic N) is 1. The summed E-state index contributed by atoms with van der Waals surface area (Å²) < 4.78 is 16.8. The number of nitrogens with zero attached hydrogens (tertiary/aromatic N) is 5. The molecule has 1 aliphatic heterocycles. The maximum Gasteiger partial charge on any atom is 0.247 e. The smallest absolute Gasteiger partial charge is 0.247 e. The van der Waals surface area contributed by atoms with E-state index in [0.29, 0.717) is 53.4 Å². The van der Waals surface area contributed by atoms with Gasteiger partial charge in [0.2, 0.25) is 11.9 Å². The second kappa shape index (κ2) is 11.4. The molecule has 0 unspecified atom stereocenters. The highest BCUT2D eigenvalue weighted by Gasteiger charge is 2.19. The third-order valence-corrected chi connectivity index (χ3v) is 6.55. The fourth-order valence-electron chi connectivity index (χ4n) is 4.55. The van der Waals surface area contributed by atoms with Crippen molar-refractivity contribution < 1.29 is 14.3 Å². The van der Waals surface area contributed by atoms with Gasteiger partial charge in [-0.05, 0) is 42.5 Å². The number of rotatable bonds is 8. The summed E-state index contributed by atoms with van der Waals surface area (Å²) in [5, 5.41) is 15.2. The Morgan fingerprint density at radius 2 is 1.92 bits per heavy atom. The van der Waals surface area contributed by atoms with E-state index in [1.165, 1.54) is 24.4 Å². The van der Waals surface area contributed by atoms with Gasteiger partial charge in [-0.25, -0.2) is 9.37 Å². The SMILES string of the molecule is C=CC(=O)Nc1cccc(-n2ccc(=O)c3cnc(Nc4ccc(N5CCN(CCO)CC5)c(F)c4)nc32)c1. The summed E-state index contributed by atoms with van der Waals surface area (Å²) in [4.78, 5) is 37.2. The van der Waals surface area contributed by atoms with E-state index in [2.05, 4.69) is 32.1 Å². The van der Waals surface area contributed by atoms with Gasteiger partial charge < -0.3 is 25.2 Å². The van der Waals surface area contributed by atoms with Crippen molar-refractivity contribution in [2.45, 2.75) is 0 Å². The van der Waals surface area contributed by atoms with Gasteiger partial charge in [-0.3, -0.25) is 14.5 Å². The lowest BCUT2D eigenvalue weighted by molar-refractivity contribution is -0.111. The van der Waals surface area contributed by atoms with Crippen molar-refractivity contribution >= 4 is 40.0 Å². The largest absolute Gasteiger partial charge is 0.395 e. The van der Waals surface area contributed by atoms with E-state index in [-0.39, 0.29) is 29.7 Å². The minimum Gasteiger partial charge on any atom is -0.395 e. The molecule has 3 heterocycles. The average Bonchev–Trinajstić information content (AvgIpc) is 2.94. The van der Waals surface area contributed by atoms with Crippen molar-refractivity contribution in [3.63, 3.8) is 0 Å². The summed E-state index contributed by atoms with van der Waals surface area (Å²) in [5.41, 5.74) is 2.32. The number of aliphatic hydroxyl groups excluding tert-OH is 1. The lowest BCUT2D eigenvalue weighted by Gasteiger charge is -2.36. The van der Waals surface area contributed by atoms with Crippen molar-refractivity contribution in [2.24, 2.45) is 0 Å². The molecule has 0 saturated carbocycles. The Kier molecular flexibility index (Phi) is 7.62. The molecule has 0 radical (unpaired) electrons. The Hall–Kier alpha value is -4.61. The fraction of sp³-hybridized carbons (Fsp3) is 0.214. The van der Waals surface area contributed by atoms with Crippen LogP contribution in [-0.2, 0) is 4.79 Å². The van der Waals surface area contributed by atoms with Gasteiger partial charge in [0.15, 0.2) is 11.1 Å². The molecule has 0 spiro atoms. The molecular formula is C28H28FN7O3. The van der Waals surface area contributed by atoms with Crippen LogP contribution in [0, 0.1) is 5.82 Å². The molecule has 3 N–H and O–H groups in total. The van der Waals surface area contributed by atoms with Crippen molar-refractivity contribution in [3.05, 3.63) is 89.6 Å². The van der Waals surface area contributed by atoms with E-state index in [1.54, 1.807) is 41.1 Å². The average molecular weight is 530 g/mol. The Morgan fingerprint density at radius 1 is 1.10 bits per heavy atom. The number of nitrogens with one attached hydrogen (secondary N) is 2. The number of aliphatic hydroxyl groups is 1. The number of anilines is 4. The Morgan fingerprint density at radius 3 is 2.67 bits per heavy atom. The van der Waals surface area contributed by atoms with Gasteiger partial charge in [-0.1, -0.05) is 12.6 Å². The Labute approximate surface area is 224 Å². The van der Waals surface area contributed by atoms with Crippen molar-refractivity contribution in [1.29, 1.82) is 0 Å². The molecule has 5 rings (SSSR count). The highest BCUT2D eigenvalue weighted by atomic mass is 19.1. The molecule has 2 aromatic heterocycles. The molecular weight excluding hydrogens is 501 g/mol. The highest BCUT2D eigenvalue weighted by Crippen LogP contribution is 2.26. The topological polar surface area (TPSA) is 116 Å². The number of halogens is 1. The molecule has 10 nitrogen and oxygen atoms in total. The molecule has 4 aromatic rings. The number of carbonyl (C=O) groups excluding carboxylic acids is 1. The number of hydrogen-bond donors (Lipinski definition) is 3. The van der Waals surface area contributed by atoms with Crippen LogP contribution in [0.3, 0.4) is 0 Å². The maximum absolute atomic E-state index is 15.1. The van der Waals surface area contributed by atoms with Crippen molar-refractivity contribution in [2.75, 3.05) is 54.9 Å². The summed E-state index contributed by atoms with van der Waals surface area (Å²) in [5.74, 6) is -0.512. The Bertz CT molecular complexity index is 1580. The van der Waals surface area contributed by atoms with Crippen LogP contribution in [0.1, 0.15) is 0 Å². The second-order valence-electron chi connectivity index (χ2n) is 9.07. The van der Waals surface area contributed by atoms with E-state index < -0.39 is 0 Å². The van der Waals surface area contributed by atoms with Crippen LogP contribution >= 0.6 is 0 Å². The quantitative estimate of drug-likeness (QED) is 0.299. The Balaban J connectivity index is 1.40. The van der Waals surface area contributed by atoms with Gasteiger partial charge in [0.05, 0.1) is 17.7 Å². The van der Waals surface area contributed by atoms with Gasteiger partial charge in [0, 0.05) is 68.2 Å². The second-order valence-corrected chi connectivity index (χ2v) is 9.07. The van der Waals surface area contributed by atoms with Crippen molar-refractivity contribution in [1.82, 2.24) is 19.4 Å². The molecule has 200 valence electrons.